The molecule has 3 rings (SSSR count). The molecule has 1 unspecified atom stereocenters. The van der Waals surface area contributed by atoms with Crippen molar-refractivity contribution in [3.05, 3.63) is 70.5 Å². The second kappa shape index (κ2) is 5.87. The average molecular weight is 301 g/mol. The predicted molar refractivity (Wildman–Crippen MR) is 78.2 cm³/mol. The summed E-state index contributed by atoms with van der Waals surface area (Å²) in [5.74, 6) is -0.696. The van der Waals surface area contributed by atoms with Crippen LogP contribution in [-0.2, 0) is 11.2 Å². The van der Waals surface area contributed by atoms with Crippen molar-refractivity contribution in [1.29, 1.82) is 0 Å². The first-order valence-corrected chi connectivity index (χ1v) is 7.02. The number of ether oxygens (including phenoxy) is 1. The molecule has 0 radical (unpaired) electrons. The van der Waals surface area contributed by atoms with Gasteiger partial charge in [0, 0.05) is 6.54 Å². The van der Waals surface area contributed by atoms with E-state index in [0.717, 1.165) is 16.7 Å². The van der Waals surface area contributed by atoms with Gasteiger partial charge in [-0.1, -0.05) is 18.2 Å². The van der Waals surface area contributed by atoms with Gasteiger partial charge in [0.05, 0.1) is 18.7 Å². The highest BCUT2D eigenvalue weighted by Crippen LogP contribution is 2.34. The molecule has 114 valence electrons. The summed E-state index contributed by atoms with van der Waals surface area (Å²) in [6, 6.07) is 11.0. The Kier molecular flexibility index (Phi) is 3.92. The number of esters is 1. The molecule has 0 saturated carbocycles. The van der Waals surface area contributed by atoms with Crippen LogP contribution in [-0.4, -0.2) is 29.9 Å². The van der Waals surface area contributed by atoms with Crippen molar-refractivity contribution in [3.63, 3.8) is 0 Å². The zero-order chi connectivity index (χ0) is 15.7. The minimum Gasteiger partial charge on any atom is -0.465 e. The molecular formula is C17H16FNO3. The number of hydroxylamine groups is 2. The van der Waals surface area contributed by atoms with Crippen molar-refractivity contribution in [1.82, 2.24) is 5.06 Å². The molecule has 22 heavy (non-hydrogen) atoms. The van der Waals surface area contributed by atoms with Crippen LogP contribution in [0, 0.1) is 5.82 Å². The van der Waals surface area contributed by atoms with Gasteiger partial charge in [0.1, 0.15) is 5.82 Å². The Balaban J connectivity index is 2.03. The van der Waals surface area contributed by atoms with E-state index in [2.05, 4.69) is 0 Å². The van der Waals surface area contributed by atoms with Crippen LogP contribution in [0.2, 0.25) is 0 Å². The van der Waals surface area contributed by atoms with Gasteiger partial charge in [0.25, 0.3) is 0 Å². The van der Waals surface area contributed by atoms with E-state index < -0.39 is 0 Å². The summed E-state index contributed by atoms with van der Waals surface area (Å²) in [7, 11) is 1.35. The van der Waals surface area contributed by atoms with E-state index in [4.69, 9.17) is 4.74 Å². The number of hydrogen-bond donors (Lipinski definition) is 1. The van der Waals surface area contributed by atoms with E-state index in [0.29, 0.717) is 18.5 Å². The molecule has 5 heteroatoms. The van der Waals surface area contributed by atoms with Gasteiger partial charge < -0.3 is 9.94 Å². The molecule has 2 aromatic rings. The maximum Gasteiger partial charge on any atom is 0.337 e. The van der Waals surface area contributed by atoms with Gasteiger partial charge in [0.2, 0.25) is 0 Å². The number of carbonyl (C=O) groups is 1. The Hall–Kier alpha value is -2.24. The Morgan fingerprint density at radius 3 is 2.68 bits per heavy atom. The number of rotatable bonds is 2. The maximum atomic E-state index is 13.1. The minimum atomic E-state index is -0.382. The van der Waals surface area contributed by atoms with Crippen LogP contribution >= 0.6 is 0 Å². The van der Waals surface area contributed by atoms with Crippen LogP contribution < -0.4 is 0 Å². The van der Waals surface area contributed by atoms with Crippen molar-refractivity contribution in [3.8, 4) is 0 Å². The zero-order valence-corrected chi connectivity index (χ0v) is 12.1. The summed E-state index contributed by atoms with van der Waals surface area (Å²) in [5.41, 5.74) is 3.19. The summed E-state index contributed by atoms with van der Waals surface area (Å²) < 4.78 is 17.8. The fourth-order valence-corrected chi connectivity index (χ4v) is 2.86. The van der Waals surface area contributed by atoms with Crippen molar-refractivity contribution >= 4 is 5.97 Å². The molecule has 0 saturated heterocycles. The van der Waals surface area contributed by atoms with Crippen molar-refractivity contribution in [2.24, 2.45) is 0 Å². The lowest BCUT2D eigenvalue weighted by atomic mass is 9.88. The minimum absolute atomic E-state index is 0.315. The summed E-state index contributed by atoms with van der Waals surface area (Å²) in [6.07, 6.45) is 0.633. The topological polar surface area (TPSA) is 49.8 Å². The standard InChI is InChI=1S/C17H16FNO3/c1-22-17(20)13-4-7-15-12(10-13)8-9-19(21)16(15)11-2-5-14(18)6-3-11/h2-7,10,16,21H,8-9H2,1H3. The monoisotopic (exact) mass is 301 g/mol. The molecule has 0 fully saturated rings. The van der Waals surface area contributed by atoms with E-state index in [1.54, 1.807) is 24.3 Å². The first-order chi connectivity index (χ1) is 10.6. The smallest absolute Gasteiger partial charge is 0.337 e. The molecule has 4 nitrogen and oxygen atoms in total. The number of methoxy groups -OCH3 is 1. The van der Waals surface area contributed by atoms with Gasteiger partial charge in [-0.15, -0.1) is 0 Å². The van der Waals surface area contributed by atoms with E-state index in [-0.39, 0.29) is 17.8 Å². The Labute approximate surface area is 127 Å². The third-order valence-corrected chi connectivity index (χ3v) is 3.95. The summed E-state index contributed by atoms with van der Waals surface area (Å²) >= 11 is 0. The first kappa shape index (κ1) is 14.7. The molecule has 0 aliphatic carbocycles. The number of carbonyl (C=O) groups excluding carboxylic acids is 1. The molecule has 1 aliphatic heterocycles. The van der Waals surface area contributed by atoms with Crippen LogP contribution in [0.15, 0.2) is 42.5 Å². The maximum absolute atomic E-state index is 13.1. The van der Waals surface area contributed by atoms with E-state index in [1.165, 1.54) is 24.3 Å². The lowest BCUT2D eigenvalue weighted by Gasteiger charge is -2.33. The third kappa shape index (κ3) is 2.61. The van der Waals surface area contributed by atoms with Gasteiger partial charge in [-0.05, 0) is 47.4 Å². The Bertz CT molecular complexity index is 700. The lowest BCUT2D eigenvalue weighted by molar-refractivity contribution is -0.121. The third-order valence-electron chi connectivity index (χ3n) is 3.95. The van der Waals surface area contributed by atoms with Gasteiger partial charge in [0.15, 0.2) is 0 Å². The van der Waals surface area contributed by atoms with Gasteiger partial charge >= 0.3 is 5.97 Å². The highest BCUT2D eigenvalue weighted by atomic mass is 19.1. The number of hydrogen-bond acceptors (Lipinski definition) is 4. The molecule has 2 aromatic carbocycles. The number of nitrogens with zero attached hydrogens (tertiary/aromatic N) is 1. The SMILES string of the molecule is COC(=O)c1ccc2c(c1)CCN(O)C2c1ccc(F)cc1. The fourth-order valence-electron chi connectivity index (χ4n) is 2.86. The second-order valence-electron chi connectivity index (χ2n) is 5.27. The lowest BCUT2D eigenvalue weighted by Crippen LogP contribution is -2.33. The molecular weight excluding hydrogens is 285 g/mol. The zero-order valence-electron chi connectivity index (χ0n) is 12.1. The fraction of sp³-hybridized carbons (Fsp3) is 0.235. The first-order valence-electron chi connectivity index (χ1n) is 7.02. The molecule has 0 bridgehead atoms. The van der Waals surface area contributed by atoms with Gasteiger partial charge in [-0.2, -0.15) is 5.06 Å². The summed E-state index contributed by atoms with van der Waals surface area (Å²) in [5, 5.41) is 11.5. The van der Waals surface area contributed by atoms with Crippen LogP contribution in [0.1, 0.15) is 33.1 Å². The highest BCUT2D eigenvalue weighted by Gasteiger charge is 2.28. The van der Waals surface area contributed by atoms with E-state index in [9.17, 15) is 14.4 Å². The number of fused-ring (bicyclic) bond motifs is 1. The number of benzene rings is 2. The Morgan fingerprint density at radius 1 is 1.27 bits per heavy atom. The highest BCUT2D eigenvalue weighted by molar-refractivity contribution is 5.89. The summed E-state index contributed by atoms with van der Waals surface area (Å²) in [4.78, 5) is 11.6. The van der Waals surface area contributed by atoms with Crippen LogP contribution in [0.4, 0.5) is 4.39 Å². The van der Waals surface area contributed by atoms with Gasteiger partial charge in [-0.3, -0.25) is 0 Å². The molecule has 0 amide bonds. The molecule has 1 aliphatic rings. The molecule has 0 aromatic heterocycles. The normalized spacial score (nSPS) is 17.9. The molecule has 1 N–H and O–H groups in total. The molecule has 0 spiro atoms. The van der Waals surface area contributed by atoms with Gasteiger partial charge in [-0.25, -0.2) is 9.18 Å². The largest absolute Gasteiger partial charge is 0.465 e. The van der Waals surface area contributed by atoms with Crippen LogP contribution in [0.3, 0.4) is 0 Å². The second-order valence-corrected chi connectivity index (χ2v) is 5.27. The summed E-state index contributed by atoms with van der Waals surface area (Å²) in [6.45, 7) is 0.444. The van der Waals surface area contributed by atoms with E-state index >= 15 is 0 Å². The van der Waals surface area contributed by atoms with E-state index in [1.807, 2.05) is 6.07 Å². The van der Waals surface area contributed by atoms with Crippen molar-refractivity contribution in [2.45, 2.75) is 12.5 Å². The van der Waals surface area contributed by atoms with Crippen LogP contribution in [0.5, 0.6) is 0 Å². The van der Waals surface area contributed by atoms with Crippen molar-refractivity contribution in [2.75, 3.05) is 13.7 Å². The quantitative estimate of drug-likeness (QED) is 0.867. The van der Waals surface area contributed by atoms with Crippen LogP contribution in [0.25, 0.3) is 0 Å². The Morgan fingerprint density at radius 2 is 2.00 bits per heavy atom. The van der Waals surface area contributed by atoms with Crippen molar-refractivity contribution < 1.29 is 19.1 Å². The average Bonchev–Trinajstić information content (AvgIpc) is 2.55. The number of halogens is 1. The molecule has 1 atom stereocenters. The molecule has 1 heterocycles. The predicted octanol–water partition coefficient (Wildman–Crippen LogP) is 2.95.